The molecule has 1 heterocycles. The van der Waals surface area contributed by atoms with Crippen molar-refractivity contribution in [2.24, 2.45) is 0 Å². The average molecular weight is 289 g/mol. The molecule has 0 atom stereocenters. The third-order valence-electron chi connectivity index (χ3n) is 2.14. The monoisotopic (exact) mass is 288 g/mol. The minimum atomic E-state index is 0.429. The van der Waals surface area contributed by atoms with E-state index in [-0.39, 0.29) is 0 Å². The Kier molecular flexibility index (Phi) is 3.35. The number of halogens is 1. The fourth-order valence-electron chi connectivity index (χ4n) is 1.32. The van der Waals surface area contributed by atoms with Crippen LogP contribution in [0.1, 0.15) is 11.4 Å². The first-order valence-electron chi connectivity index (χ1n) is 4.95. The van der Waals surface area contributed by atoms with Gasteiger partial charge in [-0.25, -0.2) is 9.97 Å². The minimum Gasteiger partial charge on any atom is -0.339 e. The second-order valence-electron chi connectivity index (χ2n) is 3.42. The highest BCUT2D eigenvalue weighted by Crippen LogP contribution is 2.20. The van der Waals surface area contributed by atoms with E-state index in [1.54, 1.807) is 6.92 Å². The number of nitrogens with one attached hydrogen (secondary N) is 1. The van der Waals surface area contributed by atoms with E-state index in [2.05, 4.69) is 37.3 Å². The summed E-state index contributed by atoms with van der Waals surface area (Å²) < 4.78 is 1.00. The zero-order chi connectivity index (χ0) is 12.3. The molecule has 2 aromatic rings. The Morgan fingerprint density at radius 2 is 2.00 bits per heavy atom. The van der Waals surface area contributed by atoms with Crippen molar-refractivity contribution in [3.63, 3.8) is 0 Å². The van der Waals surface area contributed by atoms with Crippen LogP contribution in [0.2, 0.25) is 0 Å². The smallest absolute Gasteiger partial charge is 0.152 e. The lowest BCUT2D eigenvalue weighted by Gasteiger charge is -2.07. The molecule has 0 saturated carbocycles. The highest BCUT2D eigenvalue weighted by Gasteiger charge is 2.05. The highest BCUT2D eigenvalue weighted by molar-refractivity contribution is 9.10. The van der Waals surface area contributed by atoms with Gasteiger partial charge in [-0.05, 0) is 31.2 Å². The molecule has 1 aromatic heterocycles. The van der Waals surface area contributed by atoms with Crippen molar-refractivity contribution >= 4 is 27.4 Å². The van der Waals surface area contributed by atoms with Crippen LogP contribution in [0.4, 0.5) is 11.5 Å². The van der Waals surface area contributed by atoms with Crippen LogP contribution in [-0.2, 0) is 0 Å². The number of nitrogens with zero attached hydrogens (tertiary/aromatic N) is 3. The maximum Gasteiger partial charge on any atom is 0.152 e. The van der Waals surface area contributed by atoms with E-state index in [0.717, 1.165) is 10.2 Å². The van der Waals surface area contributed by atoms with E-state index in [1.807, 2.05) is 24.3 Å². The van der Waals surface area contributed by atoms with Gasteiger partial charge in [0.1, 0.15) is 17.5 Å². The number of anilines is 2. The van der Waals surface area contributed by atoms with Crippen molar-refractivity contribution in [2.45, 2.75) is 6.92 Å². The summed E-state index contributed by atoms with van der Waals surface area (Å²) in [5.74, 6) is 1.16. The van der Waals surface area contributed by atoms with Gasteiger partial charge in [0.05, 0.1) is 6.20 Å². The van der Waals surface area contributed by atoms with E-state index in [0.29, 0.717) is 17.2 Å². The summed E-state index contributed by atoms with van der Waals surface area (Å²) in [5, 5.41) is 12.1. The second kappa shape index (κ2) is 4.93. The van der Waals surface area contributed by atoms with E-state index >= 15 is 0 Å². The van der Waals surface area contributed by atoms with Crippen LogP contribution in [0.15, 0.2) is 34.9 Å². The number of hydrogen-bond donors (Lipinski definition) is 1. The maximum absolute atomic E-state index is 8.95. The SMILES string of the molecule is Cc1ncc(C#N)c(Nc2ccc(Br)cc2)n1. The Morgan fingerprint density at radius 3 is 2.65 bits per heavy atom. The Labute approximate surface area is 107 Å². The molecule has 17 heavy (non-hydrogen) atoms. The molecular weight excluding hydrogens is 280 g/mol. The number of benzene rings is 1. The molecule has 0 unspecified atom stereocenters. The standard InChI is InChI=1S/C12H9BrN4/c1-8-15-7-9(6-14)12(16-8)17-11-4-2-10(13)3-5-11/h2-5,7H,1H3,(H,15,16,17). The Morgan fingerprint density at radius 1 is 1.29 bits per heavy atom. The van der Waals surface area contributed by atoms with Gasteiger partial charge in [-0.1, -0.05) is 15.9 Å². The zero-order valence-electron chi connectivity index (χ0n) is 9.11. The van der Waals surface area contributed by atoms with Gasteiger partial charge in [-0.2, -0.15) is 5.26 Å². The topological polar surface area (TPSA) is 61.6 Å². The normalized spacial score (nSPS) is 9.71. The lowest BCUT2D eigenvalue weighted by atomic mass is 10.3. The number of aryl methyl sites for hydroxylation is 1. The molecule has 0 saturated heterocycles. The molecule has 0 fully saturated rings. The van der Waals surface area contributed by atoms with Crippen LogP contribution in [0.5, 0.6) is 0 Å². The van der Waals surface area contributed by atoms with Gasteiger partial charge in [0.2, 0.25) is 0 Å². The molecule has 0 radical (unpaired) electrons. The Balaban J connectivity index is 2.32. The number of nitriles is 1. The lowest BCUT2D eigenvalue weighted by molar-refractivity contribution is 1.05. The molecule has 84 valence electrons. The first kappa shape index (κ1) is 11.6. The van der Waals surface area contributed by atoms with Crippen LogP contribution in [-0.4, -0.2) is 9.97 Å². The molecule has 0 amide bonds. The van der Waals surface area contributed by atoms with Crippen LogP contribution in [0.3, 0.4) is 0 Å². The predicted octanol–water partition coefficient (Wildman–Crippen LogP) is 3.16. The van der Waals surface area contributed by atoms with Gasteiger partial charge in [-0.3, -0.25) is 0 Å². The van der Waals surface area contributed by atoms with Gasteiger partial charge in [-0.15, -0.1) is 0 Å². The molecule has 2 rings (SSSR count). The predicted molar refractivity (Wildman–Crippen MR) is 68.9 cm³/mol. The molecule has 0 aliphatic rings. The third-order valence-corrected chi connectivity index (χ3v) is 2.67. The summed E-state index contributed by atoms with van der Waals surface area (Å²) in [7, 11) is 0. The summed E-state index contributed by atoms with van der Waals surface area (Å²) in [5.41, 5.74) is 1.31. The van der Waals surface area contributed by atoms with Crippen molar-refractivity contribution in [3.05, 3.63) is 46.3 Å². The first-order valence-corrected chi connectivity index (χ1v) is 5.74. The quantitative estimate of drug-likeness (QED) is 0.922. The summed E-state index contributed by atoms with van der Waals surface area (Å²) in [6.07, 6.45) is 1.52. The fraction of sp³-hybridized carbons (Fsp3) is 0.0833. The van der Waals surface area contributed by atoms with Gasteiger partial charge in [0.25, 0.3) is 0 Å². The summed E-state index contributed by atoms with van der Waals surface area (Å²) in [4.78, 5) is 8.19. The van der Waals surface area contributed by atoms with Crippen molar-refractivity contribution < 1.29 is 0 Å². The summed E-state index contributed by atoms with van der Waals surface area (Å²) in [6.45, 7) is 1.79. The fourth-order valence-corrected chi connectivity index (χ4v) is 1.58. The van der Waals surface area contributed by atoms with Crippen molar-refractivity contribution in [1.29, 1.82) is 5.26 Å². The van der Waals surface area contributed by atoms with Crippen molar-refractivity contribution in [3.8, 4) is 6.07 Å². The molecule has 1 N–H and O–H groups in total. The second-order valence-corrected chi connectivity index (χ2v) is 4.34. The van der Waals surface area contributed by atoms with Gasteiger partial charge in [0.15, 0.2) is 5.82 Å². The highest BCUT2D eigenvalue weighted by atomic mass is 79.9. The van der Waals surface area contributed by atoms with Crippen LogP contribution >= 0.6 is 15.9 Å². The molecule has 0 aliphatic carbocycles. The largest absolute Gasteiger partial charge is 0.339 e. The average Bonchev–Trinajstić information content (AvgIpc) is 2.32. The molecule has 1 aromatic carbocycles. The first-order chi connectivity index (χ1) is 8.19. The van der Waals surface area contributed by atoms with Crippen molar-refractivity contribution in [1.82, 2.24) is 9.97 Å². The number of rotatable bonds is 2. The van der Waals surface area contributed by atoms with Gasteiger partial charge >= 0.3 is 0 Å². The summed E-state index contributed by atoms with van der Waals surface area (Å²) >= 11 is 3.36. The Bertz CT molecular complexity index is 572. The zero-order valence-corrected chi connectivity index (χ0v) is 10.7. The molecule has 0 spiro atoms. The molecular formula is C12H9BrN4. The summed E-state index contributed by atoms with van der Waals surface area (Å²) in [6, 6.07) is 9.71. The van der Waals surface area contributed by atoms with Crippen LogP contribution in [0, 0.1) is 18.3 Å². The molecule has 4 nitrogen and oxygen atoms in total. The van der Waals surface area contributed by atoms with E-state index < -0.39 is 0 Å². The number of hydrogen-bond acceptors (Lipinski definition) is 4. The van der Waals surface area contributed by atoms with Crippen LogP contribution < -0.4 is 5.32 Å². The molecule has 0 aliphatic heterocycles. The maximum atomic E-state index is 8.95. The van der Waals surface area contributed by atoms with E-state index in [1.165, 1.54) is 6.20 Å². The minimum absolute atomic E-state index is 0.429. The van der Waals surface area contributed by atoms with E-state index in [9.17, 15) is 0 Å². The molecule has 5 heteroatoms. The lowest BCUT2D eigenvalue weighted by Crippen LogP contribution is -2.00. The van der Waals surface area contributed by atoms with E-state index in [4.69, 9.17) is 5.26 Å². The van der Waals surface area contributed by atoms with Crippen molar-refractivity contribution in [2.75, 3.05) is 5.32 Å². The third kappa shape index (κ3) is 2.80. The Hall–Kier alpha value is -1.93. The van der Waals surface area contributed by atoms with Gasteiger partial charge < -0.3 is 5.32 Å². The number of aromatic nitrogens is 2. The van der Waals surface area contributed by atoms with Gasteiger partial charge in [0, 0.05) is 10.2 Å². The van der Waals surface area contributed by atoms with Crippen LogP contribution in [0.25, 0.3) is 0 Å². The molecule has 0 bridgehead atoms.